The minimum atomic E-state index is 0. The van der Waals surface area contributed by atoms with Gasteiger partial charge in [-0.2, -0.15) is 0 Å². The van der Waals surface area contributed by atoms with Gasteiger partial charge in [-0.15, -0.1) is 0 Å². The van der Waals surface area contributed by atoms with E-state index in [2.05, 4.69) is 13.8 Å². The quantitative estimate of drug-likeness (QED) is 0.241. The molecule has 0 nitrogen and oxygen atoms in total. The first-order valence-electron chi connectivity index (χ1n) is 8.91. The molecule has 0 fully saturated rings. The normalized spacial score (nSPS) is 10.4. The molecule has 0 saturated heterocycles. The van der Waals surface area contributed by atoms with Gasteiger partial charge in [0.15, 0.2) is 0 Å². The van der Waals surface area contributed by atoms with E-state index in [-0.39, 0.29) is 17.1 Å². The average Bonchev–Trinajstić information content (AvgIpc) is 2.39. The van der Waals surface area contributed by atoms with Crippen molar-refractivity contribution in [2.75, 3.05) is 0 Å². The monoisotopic (exact) mass is 336 g/mol. The standard InChI is InChI=1S/C18H38.H2Se/c1-3-5-7-9-11-13-15-17-18-16-14-12-10-8-6-4-2;/h3-18H2,1-2H3;1H2. The molecule has 0 atom stereocenters. The molecule has 0 heterocycles. The summed E-state index contributed by atoms with van der Waals surface area (Å²) < 4.78 is 0. The van der Waals surface area contributed by atoms with E-state index in [1.165, 1.54) is 103 Å². The minimum absolute atomic E-state index is 0. The van der Waals surface area contributed by atoms with Gasteiger partial charge in [0.05, 0.1) is 0 Å². The van der Waals surface area contributed by atoms with Crippen molar-refractivity contribution in [3.63, 3.8) is 0 Å². The van der Waals surface area contributed by atoms with Crippen LogP contribution in [0, 0.1) is 0 Å². The Morgan fingerprint density at radius 2 is 0.474 bits per heavy atom. The van der Waals surface area contributed by atoms with Crippen molar-refractivity contribution in [2.45, 2.75) is 117 Å². The Morgan fingerprint density at radius 3 is 0.632 bits per heavy atom. The number of unbranched alkanes of at least 4 members (excludes halogenated alkanes) is 15. The molecule has 0 spiro atoms. The van der Waals surface area contributed by atoms with Crippen LogP contribution in [0.15, 0.2) is 0 Å². The van der Waals surface area contributed by atoms with Crippen LogP contribution in [0.2, 0.25) is 0 Å². The first-order valence-corrected chi connectivity index (χ1v) is 8.91. The van der Waals surface area contributed by atoms with E-state index in [0.717, 1.165) is 0 Å². The van der Waals surface area contributed by atoms with Crippen molar-refractivity contribution < 1.29 is 0 Å². The fourth-order valence-electron chi connectivity index (χ4n) is 2.62. The molecular weight excluding hydrogens is 295 g/mol. The number of rotatable bonds is 15. The average molecular weight is 335 g/mol. The summed E-state index contributed by atoms with van der Waals surface area (Å²) in [6, 6.07) is 0. The Balaban J connectivity index is 0. The summed E-state index contributed by atoms with van der Waals surface area (Å²) in [6.45, 7) is 4.59. The molecule has 118 valence electrons. The predicted molar refractivity (Wildman–Crippen MR) is 93.8 cm³/mol. The Morgan fingerprint density at radius 1 is 0.316 bits per heavy atom. The zero-order valence-corrected chi connectivity index (χ0v) is 15.9. The number of hydrogen-bond acceptors (Lipinski definition) is 0. The fraction of sp³-hybridized carbons (Fsp3) is 1.00. The van der Waals surface area contributed by atoms with Gasteiger partial charge in [0.1, 0.15) is 0 Å². The van der Waals surface area contributed by atoms with Gasteiger partial charge in [0, 0.05) is 0 Å². The zero-order chi connectivity index (χ0) is 13.3. The van der Waals surface area contributed by atoms with E-state index in [1.54, 1.807) is 0 Å². The SMILES string of the molecule is CCCCCCCCCCCCCCCCCC.[SeH2]. The molecule has 0 bridgehead atoms. The molecule has 0 aromatic rings. The second-order valence-electron chi connectivity index (χ2n) is 5.95. The van der Waals surface area contributed by atoms with E-state index in [9.17, 15) is 0 Å². The summed E-state index contributed by atoms with van der Waals surface area (Å²) in [6.07, 6.45) is 23.4. The Bertz CT molecular complexity index is 118. The van der Waals surface area contributed by atoms with Crippen LogP contribution < -0.4 is 0 Å². The molecule has 0 aromatic carbocycles. The van der Waals surface area contributed by atoms with Gasteiger partial charge in [0.25, 0.3) is 0 Å². The molecule has 1 heteroatoms. The summed E-state index contributed by atoms with van der Waals surface area (Å²) in [5.74, 6) is 0. The van der Waals surface area contributed by atoms with Crippen LogP contribution in [0.4, 0.5) is 0 Å². The summed E-state index contributed by atoms with van der Waals surface area (Å²) in [7, 11) is 0. The number of hydrogen-bond donors (Lipinski definition) is 0. The van der Waals surface area contributed by atoms with Crippen LogP contribution in [-0.2, 0) is 0 Å². The first kappa shape index (κ1) is 21.8. The molecule has 0 rings (SSSR count). The van der Waals surface area contributed by atoms with Crippen molar-refractivity contribution in [3.05, 3.63) is 0 Å². The van der Waals surface area contributed by atoms with E-state index in [0.29, 0.717) is 0 Å². The maximum absolute atomic E-state index is 2.29. The molecule has 0 aromatic heterocycles. The van der Waals surface area contributed by atoms with Gasteiger partial charge in [-0.05, 0) is 0 Å². The van der Waals surface area contributed by atoms with Crippen LogP contribution in [-0.4, -0.2) is 17.1 Å². The van der Waals surface area contributed by atoms with Crippen LogP contribution in [0.25, 0.3) is 0 Å². The molecule has 19 heavy (non-hydrogen) atoms. The van der Waals surface area contributed by atoms with Gasteiger partial charge >= 0.3 is 17.1 Å². The van der Waals surface area contributed by atoms with Crippen molar-refractivity contribution in [1.29, 1.82) is 0 Å². The zero-order valence-electron chi connectivity index (χ0n) is 13.8. The van der Waals surface area contributed by atoms with Crippen molar-refractivity contribution in [1.82, 2.24) is 0 Å². The molecule has 0 radical (unpaired) electrons. The summed E-state index contributed by atoms with van der Waals surface area (Å²) >= 11 is 0. The van der Waals surface area contributed by atoms with E-state index >= 15 is 0 Å². The molecule has 0 aliphatic heterocycles. The van der Waals surface area contributed by atoms with Crippen LogP contribution in [0.5, 0.6) is 0 Å². The second-order valence-corrected chi connectivity index (χ2v) is 5.95. The topological polar surface area (TPSA) is 0 Å². The predicted octanol–water partition coefficient (Wildman–Crippen LogP) is 6.35. The van der Waals surface area contributed by atoms with Gasteiger partial charge in [0.2, 0.25) is 0 Å². The first-order chi connectivity index (χ1) is 8.91. The molecular formula is C18H40Se. The Hall–Kier alpha value is 0.519. The van der Waals surface area contributed by atoms with Crippen LogP contribution in [0.3, 0.4) is 0 Å². The third-order valence-electron chi connectivity index (χ3n) is 3.96. The van der Waals surface area contributed by atoms with Crippen molar-refractivity contribution in [3.8, 4) is 0 Å². The maximum atomic E-state index is 2.29. The molecule has 0 unspecified atom stereocenters. The van der Waals surface area contributed by atoms with Gasteiger partial charge in [-0.25, -0.2) is 0 Å². The van der Waals surface area contributed by atoms with Crippen molar-refractivity contribution >= 4 is 17.1 Å². The molecule has 0 aliphatic carbocycles. The fourth-order valence-corrected chi connectivity index (χ4v) is 2.62. The third kappa shape index (κ3) is 21.0. The summed E-state index contributed by atoms with van der Waals surface area (Å²) in [5, 5.41) is 0. The molecule has 0 saturated carbocycles. The van der Waals surface area contributed by atoms with Crippen molar-refractivity contribution in [2.24, 2.45) is 0 Å². The van der Waals surface area contributed by atoms with Crippen LogP contribution >= 0.6 is 0 Å². The van der Waals surface area contributed by atoms with Gasteiger partial charge in [-0.1, -0.05) is 117 Å². The summed E-state index contributed by atoms with van der Waals surface area (Å²) in [5.41, 5.74) is 0. The van der Waals surface area contributed by atoms with Crippen LogP contribution in [0.1, 0.15) is 117 Å². The molecule has 0 amide bonds. The Labute approximate surface area is 134 Å². The Kier molecular flexibility index (Phi) is 23.9. The van der Waals surface area contributed by atoms with E-state index in [4.69, 9.17) is 0 Å². The van der Waals surface area contributed by atoms with Gasteiger partial charge in [-0.3, -0.25) is 0 Å². The third-order valence-corrected chi connectivity index (χ3v) is 3.96. The summed E-state index contributed by atoms with van der Waals surface area (Å²) in [4.78, 5) is 0. The molecule has 0 aliphatic rings. The molecule has 0 N–H and O–H groups in total. The van der Waals surface area contributed by atoms with E-state index < -0.39 is 0 Å². The van der Waals surface area contributed by atoms with Gasteiger partial charge < -0.3 is 0 Å². The van der Waals surface area contributed by atoms with E-state index in [1.807, 2.05) is 0 Å². The second kappa shape index (κ2) is 20.8.